The van der Waals surface area contributed by atoms with Crippen LogP contribution >= 0.6 is 0 Å². The Morgan fingerprint density at radius 2 is 2.00 bits per heavy atom. The van der Waals surface area contributed by atoms with Crippen LogP contribution < -0.4 is 6.15 Å². The number of carbonyl (C=O) groups excluding carboxylic acids is 1. The van der Waals surface area contributed by atoms with E-state index in [0.717, 1.165) is 0 Å². The Hall–Kier alpha value is -1.36. The van der Waals surface area contributed by atoms with Gasteiger partial charge in [-0.1, -0.05) is 6.58 Å². The zero-order valence-electron chi connectivity index (χ0n) is 6.59. The molecule has 0 aromatic carbocycles. The first-order chi connectivity index (χ1) is 4.57. The topological polar surface area (TPSA) is 100 Å². The molecule has 0 radical (unpaired) electrons. The highest BCUT2D eigenvalue weighted by Crippen LogP contribution is 1.98. The molecule has 64 valence electrons. The highest BCUT2D eigenvalue weighted by atomic mass is 16.5. The van der Waals surface area contributed by atoms with E-state index in [1.807, 2.05) is 0 Å². The van der Waals surface area contributed by atoms with Gasteiger partial charge in [0.2, 0.25) is 0 Å². The van der Waals surface area contributed by atoms with E-state index in [1.165, 1.54) is 7.11 Å². The molecule has 0 spiro atoms. The lowest BCUT2D eigenvalue weighted by Gasteiger charge is -1.96. The maximum absolute atomic E-state index is 10.4. The molecule has 11 heavy (non-hydrogen) atoms. The van der Waals surface area contributed by atoms with Crippen molar-refractivity contribution in [3.63, 3.8) is 0 Å². The van der Waals surface area contributed by atoms with Crippen molar-refractivity contribution >= 4 is 11.9 Å². The van der Waals surface area contributed by atoms with E-state index >= 15 is 0 Å². The Kier molecular flexibility index (Phi) is 6.08. The Labute approximate surface area is 64.2 Å². The first kappa shape index (κ1) is 12.3. The molecular formula is C6H12NO4+. The predicted octanol–water partition coefficient (Wildman–Crippen LogP) is 0.567. The van der Waals surface area contributed by atoms with E-state index in [0.29, 0.717) is 0 Å². The average Bonchev–Trinajstić information content (AvgIpc) is 1.87. The number of ether oxygens (including phenoxy) is 1. The molecule has 0 amide bonds. The van der Waals surface area contributed by atoms with Crippen molar-refractivity contribution in [2.24, 2.45) is 0 Å². The smallest absolute Gasteiger partial charge is 0.331 e. The molecule has 0 aliphatic carbocycles. The first-order valence-electron chi connectivity index (χ1n) is 2.55. The monoisotopic (exact) mass is 162 g/mol. The van der Waals surface area contributed by atoms with Gasteiger partial charge in [-0.3, -0.25) is 4.79 Å². The van der Waals surface area contributed by atoms with Crippen molar-refractivity contribution in [2.75, 3.05) is 7.11 Å². The summed E-state index contributed by atoms with van der Waals surface area (Å²) in [6.07, 6.45) is -0.258. The van der Waals surface area contributed by atoms with Gasteiger partial charge < -0.3 is 16.0 Å². The third-order valence-corrected chi connectivity index (χ3v) is 0.888. The van der Waals surface area contributed by atoms with Gasteiger partial charge in [0, 0.05) is 5.57 Å². The first-order valence-corrected chi connectivity index (χ1v) is 2.55. The van der Waals surface area contributed by atoms with Crippen LogP contribution in [0.5, 0.6) is 0 Å². The number of quaternary nitrogens is 1. The summed E-state index contributed by atoms with van der Waals surface area (Å²) in [6.45, 7) is 3.14. The summed E-state index contributed by atoms with van der Waals surface area (Å²) >= 11 is 0. The quantitative estimate of drug-likeness (QED) is 0.467. The fourth-order valence-electron chi connectivity index (χ4n) is 0.322. The molecule has 0 saturated heterocycles. The van der Waals surface area contributed by atoms with Crippen LogP contribution in [0.4, 0.5) is 0 Å². The minimum absolute atomic E-state index is 0. The van der Waals surface area contributed by atoms with Crippen LogP contribution in [-0.4, -0.2) is 24.2 Å². The number of carboxylic acids is 1. The number of hydrogen-bond donors (Lipinski definition) is 2. The number of aliphatic carboxylic acids is 1. The number of carboxylic acid groups (broad SMARTS) is 1. The summed E-state index contributed by atoms with van der Waals surface area (Å²) in [5.41, 5.74) is -0.160. The van der Waals surface area contributed by atoms with Crippen LogP contribution in [0.2, 0.25) is 0 Å². The van der Waals surface area contributed by atoms with Crippen molar-refractivity contribution in [1.29, 1.82) is 0 Å². The van der Waals surface area contributed by atoms with Gasteiger partial charge in [-0.15, -0.1) is 0 Å². The van der Waals surface area contributed by atoms with Crippen molar-refractivity contribution in [3.05, 3.63) is 12.2 Å². The Morgan fingerprint density at radius 1 is 1.55 bits per heavy atom. The number of carbonyl (C=O) groups is 2. The van der Waals surface area contributed by atoms with E-state index < -0.39 is 11.9 Å². The van der Waals surface area contributed by atoms with E-state index in [4.69, 9.17) is 5.11 Å². The molecule has 0 aromatic rings. The molecule has 0 aliphatic rings. The molecule has 0 rings (SSSR count). The van der Waals surface area contributed by atoms with Gasteiger partial charge in [-0.25, -0.2) is 4.79 Å². The third-order valence-electron chi connectivity index (χ3n) is 0.888. The van der Waals surface area contributed by atoms with Crippen LogP contribution in [0.1, 0.15) is 6.42 Å². The Balaban J connectivity index is 0. The van der Waals surface area contributed by atoms with Gasteiger partial charge in [-0.05, 0) is 0 Å². The number of methoxy groups -OCH3 is 1. The van der Waals surface area contributed by atoms with Gasteiger partial charge >= 0.3 is 11.9 Å². The molecule has 5 heteroatoms. The molecule has 0 fully saturated rings. The van der Waals surface area contributed by atoms with Crippen LogP contribution in [0.25, 0.3) is 0 Å². The Bertz CT molecular complexity index is 175. The largest absolute Gasteiger partial charge is 0.478 e. The number of rotatable bonds is 3. The SMILES string of the molecule is C=C(CC(=O)OC)C(=O)O.[NH4+]. The van der Waals surface area contributed by atoms with Gasteiger partial charge in [0.1, 0.15) is 0 Å². The van der Waals surface area contributed by atoms with E-state index in [9.17, 15) is 9.59 Å². The highest BCUT2D eigenvalue weighted by Gasteiger charge is 2.09. The van der Waals surface area contributed by atoms with Crippen molar-refractivity contribution < 1.29 is 19.4 Å². The van der Waals surface area contributed by atoms with E-state index in [1.54, 1.807) is 0 Å². The molecular weight excluding hydrogens is 150 g/mol. The van der Waals surface area contributed by atoms with Crippen LogP contribution in [0.3, 0.4) is 0 Å². The molecule has 5 N–H and O–H groups in total. The minimum atomic E-state index is -1.18. The molecule has 0 bridgehead atoms. The molecule has 0 saturated carbocycles. The lowest BCUT2D eigenvalue weighted by Crippen LogP contribution is -2.07. The summed E-state index contributed by atoms with van der Waals surface area (Å²) in [6, 6.07) is 0. The maximum atomic E-state index is 10.4. The van der Waals surface area contributed by atoms with E-state index in [-0.39, 0.29) is 18.1 Å². The summed E-state index contributed by atoms with van der Waals surface area (Å²) < 4.78 is 4.21. The standard InChI is InChI=1S/C6H8O4.H3N/c1-4(6(8)9)3-5(7)10-2;/h1,3H2,2H3,(H,8,9);1H3/p+1. The van der Waals surface area contributed by atoms with Crippen molar-refractivity contribution in [2.45, 2.75) is 6.42 Å². The normalized spacial score (nSPS) is 7.73. The molecule has 0 aliphatic heterocycles. The second kappa shape index (κ2) is 5.43. The summed E-state index contributed by atoms with van der Waals surface area (Å²) in [7, 11) is 1.19. The number of hydrogen-bond acceptors (Lipinski definition) is 3. The third kappa shape index (κ3) is 5.10. The second-order valence-electron chi connectivity index (χ2n) is 1.66. The van der Waals surface area contributed by atoms with Crippen molar-refractivity contribution in [1.82, 2.24) is 6.15 Å². The zero-order chi connectivity index (χ0) is 8.15. The fourth-order valence-corrected chi connectivity index (χ4v) is 0.322. The molecule has 0 heterocycles. The fraction of sp³-hybridized carbons (Fsp3) is 0.333. The summed E-state index contributed by atoms with van der Waals surface area (Å²) in [4.78, 5) is 20.4. The molecule has 0 unspecified atom stereocenters. The second-order valence-corrected chi connectivity index (χ2v) is 1.66. The average molecular weight is 162 g/mol. The Morgan fingerprint density at radius 3 is 2.27 bits per heavy atom. The molecule has 0 aromatic heterocycles. The van der Waals surface area contributed by atoms with Gasteiger partial charge in [0.25, 0.3) is 0 Å². The van der Waals surface area contributed by atoms with Crippen LogP contribution in [0, 0.1) is 0 Å². The van der Waals surface area contributed by atoms with Crippen LogP contribution in [-0.2, 0) is 14.3 Å². The van der Waals surface area contributed by atoms with Crippen molar-refractivity contribution in [3.8, 4) is 0 Å². The van der Waals surface area contributed by atoms with Gasteiger partial charge in [0.15, 0.2) is 0 Å². The summed E-state index contributed by atoms with van der Waals surface area (Å²) in [5.74, 6) is -1.77. The zero-order valence-corrected chi connectivity index (χ0v) is 6.59. The highest BCUT2D eigenvalue weighted by molar-refractivity contribution is 5.91. The minimum Gasteiger partial charge on any atom is -0.478 e. The predicted molar refractivity (Wildman–Crippen MR) is 39.4 cm³/mol. The van der Waals surface area contributed by atoms with Crippen LogP contribution in [0.15, 0.2) is 12.2 Å². The molecule has 5 nitrogen and oxygen atoms in total. The van der Waals surface area contributed by atoms with Gasteiger partial charge in [0.05, 0.1) is 13.5 Å². The number of esters is 1. The lowest BCUT2D eigenvalue weighted by molar-refractivity contribution is -0.142. The van der Waals surface area contributed by atoms with E-state index in [2.05, 4.69) is 11.3 Å². The summed E-state index contributed by atoms with van der Waals surface area (Å²) in [5, 5.41) is 8.22. The lowest BCUT2D eigenvalue weighted by atomic mass is 10.2. The maximum Gasteiger partial charge on any atom is 0.331 e. The van der Waals surface area contributed by atoms with Gasteiger partial charge in [-0.2, -0.15) is 0 Å². The molecule has 0 atom stereocenters.